The first-order chi connectivity index (χ1) is 12.6. The van der Waals surface area contributed by atoms with Crippen LogP contribution in [0.2, 0.25) is 0 Å². The van der Waals surface area contributed by atoms with Gasteiger partial charge in [-0.05, 0) is 42.9 Å². The lowest BCUT2D eigenvalue weighted by atomic mass is 9.82. The van der Waals surface area contributed by atoms with Gasteiger partial charge in [-0.25, -0.2) is 0 Å². The quantitative estimate of drug-likeness (QED) is 0.885. The van der Waals surface area contributed by atoms with Crippen molar-refractivity contribution in [1.82, 2.24) is 4.90 Å². The van der Waals surface area contributed by atoms with E-state index in [0.29, 0.717) is 0 Å². The van der Waals surface area contributed by atoms with E-state index in [0.717, 1.165) is 51.8 Å². The summed E-state index contributed by atoms with van der Waals surface area (Å²) in [6.45, 7) is 2.26. The van der Waals surface area contributed by atoms with Crippen LogP contribution in [0.3, 0.4) is 0 Å². The summed E-state index contributed by atoms with van der Waals surface area (Å²) >= 11 is 1.90. The third-order valence-corrected chi connectivity index (χ3v) is 7.38. The standard InChI is InChI=1S/C21H24N2O2S/c22-20(7-8-20)19(24)23-11-9-21(10-12-23)16-14-18(15-4-2-1-3-5-15)26-17(16)6-13-25-21/h1-5,14H,6-13,22H2. The summed E-state index contributed by atoms with van der Waals surface area (Å²) in [6, 6.07) is 12.9. The van der Waals surface area contributed by atoms with Crippen LogP contribution in [0.5, 0.6) is 0 Å². The largest absolute Gasteiger partial charge is 0.370 e. The Labute approximate surface area is 158 Å². The summed E-state index contributed by atoms with van der Waals surface area (Å²) in [7, 11) is 0. The summed E-state index contributed by atoms with van der Waals surface area (Å²) in [6.07, 6.45) is 4.39. The van der Waals surface area contributed by atoms with E-state index in [1.165, 1.54) is 20.9 Å². The Kier molecular flexibility index (Phi) is 3.75. The number of hydrogen-bond acceptors (Lipinski definition) is 4. The Morgan fingerprint density at radius 1 is 1.12 bits per heavy atom. The minimum Gasteiger partial charge on any atom is -0.370 e. The van der Waals surface area contributed by atoms with Gasteiger partial charge in [0.15, 0.2) is 0 Å². The molecule has 136 valence electrons. The molecule has 26 heavy (non-hydrogen) atoms. The van der Waals surface area contributed by atoms with Crippen molar-refractivity contribution in [3.05, 3.63) is 46.8 Å². The second-order valence-corrected chi connectivity index (χ2v) is 8.99. The van der Waals surface area contributed by atoms with E-state index in [4.69, 9.17) is 10.5 Å². The third-order valence-electron chi connectivity index (χ3n) is 6.14. The molecule has 1 aromatic carbocycles. The van der Waals surface area contributed by atoms with Crippen molar-refractivity contribution in [2.45, 2.75) is 43.2 Å². The van der Waals surface area contributed by atoms with Gasteiger partial charge in [-0.1, -0.05) is 30.3 Å². The van der Waals surface area contributed by atoms with Gasteiger partial charge in [-0.15, -0.1) is 11.3 Å². The van der Waals surface area contributed by atoms with Crippen LogP contribution in [0.15, 0.2) is 36.4 Å². The molecule has 0 unspecified atom stereocenters. The van der Waals surface area contributed by atoms with Gasteiger partial charge in [0.05, 0.1) is 17.7 Å². The number of nitrogens with two attached hydrogens (primary N) is 1. The van der Waals surface area contributed by atoms with Crippen molar-refractivity contribution in [3.63, 3.8) is 0 Å². The van der Waals surface area contributed by atoms with Gasteiger partial charge in [0.1, 0.15) is 0 Å². The molecule has 0 bridgehead atoms. The lowest BCUT2D eigenvalue weighted by Crippen LogP contribution is -2.53. The van der Waals surface area contributed by atoms with Crippen LogP contribution in [0, 0.1) is 0 Å². The number of nitrogens with zero attached hydrogens (tertiary/aromatic N) is 1. The summed E-state index contributed by atoms with van der Waals surface area (Å²) in [5, 5.41) is 0. The topological polar surface area (TPSA) is 55.6 Å². The summed E-state index contributed by atoms with van der Waals surface area (Å²) in [5.41, 5.74) is 7.95. The van der Waals surface area contributed by atoms with E-state index in [1.54, 1.807) is 0 Å². The number of thiophene rings is 1. The van der Waals surface area contributed by atoms with Crippen LogP contribution < -0.4 is 5.73 Å². The zero-order valence-electron chi connectivity index (χ0n) is 14.9. The van der Waals surface area contributed by atoms with Gasteiger partial charge < -0.3 is 15.4 Å². The van der Waals surface area contributed by atoms with Crippen LogP contribution in [0.25, 0.3) is 10.4 Å². The smallest absolute Gasteiger partial charge is 0.242 e. The normalized spacial score (nSPS) is 22.9. The molecule has 3 heterocycles. The van der Waals surface area contributed by atoms with Crippen molar-refractivity contribution in [1.29, 1.82) is 0 Å². The second-order valence-electron chi connectivity index (χ2n) is 7.85. The van der Waals surface area contributed by atoms with Gasteiger partial charge in [0.2, 0.25) is 5.91 Å². The maximum absolute atomic E-state index is 12.6. The molecule has 2 aliphatic heterocycles. The maximum atomic E-state index is 12.6. The molecule has 2 aromatic rings. The van der Waals surface area contributed by atoms with Crippen molar-refractivity contribution in [2.24, 2.45) is 5.73 Å². The molecular formula is C21H24N2O2S. The fourth-order valence-corrected chi connectivity index (χ4v) is 5.55. The van der Waals surface area contributed by atoms with Gasteiger partial charge >= 0.3 is 0 Å². The molecule has 0 atom stereocenters. The molecular weight excluding hydrogens is 344 g/mol. The van der Waals surface area contributed by atoms with Crippen LogP contribution in [0.1, 0.15) is 36.1 Å². The highest BCUT2D eigenvalue weighted by Crippen LogP contribution is 2.47. The highest BCUT2D eigenvalue weighted by atomic mass is 32.1. The Hall–Kier alpha value is -1.69. The number of fused-ring (bicyclic) bond motifs is 2. The van der Waals surface area contributed by atoms with Crippen molar-refractivity contribution >= 4 is 17.2 Å². The Morgan fingerprint density at radius 3 is 2.54 bits per heavy atom. The third kappa shape index (κ3) is 2.61. The lowest BCUT2D eigenvalue weighted by molar-refractivity contribution is -0.142. The molecule has 2 N–H and O–H groups in total. The summed E-state index contributed by atoms with van der Waals surface area (Å²) in [5.74, 6) is 0.138. The predicted octanol–water partition coefficient (Wildman–Crippen LogP) is 3.30. The molecule has 1 saturated heterocycles. The van der Waals surface area contributed by atoms with E-state index in [1.807, 2.05) is 16.2 Å². The second kappa shape index (κ2) is 5.91. The monoisotopic (exact) mass is 368 g/mol. The predicted molar refractivity (Wildman–Crippen MR) is 103 cm³/mol. The molecule has 4 nitrogen and oxygen atoms in total. The molecule has 2 fully saturated rings. The highest BCUT2D eigenvalue weighted by Gasteiger charge is 2.50. The van der Waals surface area contributed by atoms with Gasteiger partial charge in [-0.3, -0.25) is 4.79 Å². The van der Waals surface area contributed by atoms with E-state index in [9.17, 15) is 4.79 Å². The molecule has 0 radical (unpaired) electrons. The van der Waals surface area contributed by atoms with Crippen LogP contribution in [-0.4, -0.2) is 36.0 Å². The minimum absolute atomic E-state index is 0.138. The van der Waals surface area contributed by atoms with E-state index >= 15 is 0 Å². The number of ether oxygens (including phenoxy) is 1. The Bertz CT molecular complexity index is 833. The van der Waals surface area contributed by atoms with Gasteiger partial charge in [0.25, 0.3) is 0 Å². The molecule has 1 spiro atoms. The molecule has 1 amide bonds. The average molecular weight is 369 g/mol. The lowest BCUT2D eigenvalue weighted by Gasteiger charge is -2.44. The number of amides is 1. The molecule has 5 heteroatoms. The summed E-state index contributed by atoms with van der Waals surface area (Å²) < 4.78 is 6.35. The highest BCUT2D eigenvalue weighted by molar-refractivity contribution is 7.15. The SMILES string of the molecule is NC1(C(=O)N2CCC3(CC2)OCCc2sc(-c4ccccc4)cc23)CC1. The molecule has 5 rings (SSSR count). The Morgan fingerprint density at radius 2 is 1.85 bits per heavy atom. The van der Waals surface area contributed by atoms with Crippen molar-refractivity contribution < 1.29 is 9.53 Å². The van der Waals surface area contributed by atoms with Crippen molar-refractivity contribution in [2.75, 3.05) is 19.7 Å². The minimum atomic E-state index is -0.564. The van der Waals surface area contributed by atoms with Crippen LogP contribution in [0.4, 0.5) is 0 Å². The molecule has 1 aliphatic carbocycles. The zero-order chi connectivity index (χ0) is 17.8. The maximum Gasteiger partial charge on any atom is 0.242 e. The number of piperidine rings is 1. The molecule has 1 aromatic heterocycles. The first kappa shape index (κ1) is 16.5. The average Bonchev–Trinajstić information content (AvgIpc) is 3.27. The van der Waals surface area contributed by atoms with Gasteiger partial charge in [0, 0.05) is 29.3 Å². The fraction of sp³-hybridized carbons (Fsp3) is 0.476. The van der Waals surface area contributed by atoms with E-state index in [-0.39, 0.29) is 11.5 Å². The van der Waals surface area contributed by atoms with E-state index in [2.05, 4.69) is 36.4 Å². The fourth-order valence-electron chi connectivity index (χ4n) is 4.31. The first-order valence-electron chi connectivity index (χ1n) is 9.51. The van der Waals surface area contributed by atoms with Gasteiger partial charge in [-0.2, -0.15) is 0 Å². The zero-order valence-corrected chi connectivity index (χ0v) is 15.7. The van der Waals surface area contributed by atoms with Crippen molar-refractivity contribution in [3.8, 4) is 10.4 Å². The summed E-state index contributed by atoms with van der Waals surface area (Å²) in [4.78, 5) is 17.3. The number of rotatable bonds is 2. The van der Waals surface area contributed by atoms with E-state index < -0.39 is 5.54 Å². The first-order valence-corrected chi connectivity index (χ1v) is 10.3. The number of hydrogen-bond donors (Lipinski definition) is 1. The Balaban J connectivity index is 1.40. The molecule has 1 saturated carbocycles. The molecule has 3 aliphatic rings. The number of carbonyl (C=O) groups excluding carboxylic acids is 1. The number of benzene rings is 1. The van der Waals surface area contributed by atoms with Crippen LogP contribution >= 0.6 is 11.3 Å². The number of carbonyl (C=O) groups is 1. The van der Waals surface area contributed by atoms with Crippen LogP contribution in [-0.2, 0) is 21.6 Å². The number of likely N-dealkylation sites (tertiary alicyclic amines) is 1.